The summed E-state index contributed by atoms with van der Waals surface area (Å²) in [6, 6.07) is 12.1. The van der Waals surface area contributed by atoms with E-state index in [9.17, 15) is 4.79 Å². The van der Waals surface area contributed by atoms with Gasteiger partial charge < -0.3 is 15.4 Å². The van der Waals surface area contributed by atoms with Crippen LogP contribution in [0.2, 0.25) is 5.02 Å². The van der Waals surface area contributed by atoms with Crippen LogP contribution in [0.4, 0.5) is 5.82 Å². The monoisotopic (exact) mass is 393 g/mol. The van der Waals surface area contributed by atoms with Crippen molar-refractivity contribution >= 4 is 34.2 Å². The standard InChI is InChI=1S/C22H20ClN3O2/c1-12-2-4-13(5-3-12)14-8-26(9-14)22(27)16-6-15-17-10-28-11-18(17)21(24)25-20(15)7-19(16)23/h2-7,14H,8-11H2,1H3,(H2,24,25). The van der Waals surface area contributed by atoms with Gasteiger partial charge in [0.2, 0.25) is 0 Å². The number of ether oxygens (including phenoxy) is 1. The molecule has 2 N–H and O–H groups in total. The highest BCUT2D eigenvalue weighted by atomic mass is 35.5. The quantitative estimate of drug-likeness (QED) is 0.713. The predicted molar refractivity (Wildman–Crippen MR) is 109 cm³/mol. The molecular weight excluding hydrogens is 374 g/mol. The van der Waals surface area contributed by atoms with Gasteiger partial charge in [-0.25, -0.2) is 4.98 Å². The summed E-state index contributed by atoms with van der Waals surface area (Å²) in [7, 11) is 0. The van der Waals surface area contributed by atoms with Crippen molar-refractivity contribution < 1.29 is 9.53 Å². The zero-order valence-corrected chi connectivity index (χ0v) is 16.3. The number of anilines is 1. The van der Waals surface area contributed by atoms with Crippen LogP contribution in [-0.2, 0) is 18.0 Å². The second-order valence-electron chi connectivity index (χ2n) is 7.61. The van der Waals surface area contributed by atoms with E-state index in [2.05, 4.69) is 36.2 Å². The first-order valence-electron chi connectivity index (χ1n) is 9.35. The number of fused-ring (bicyclic) bond motifs is 3. The lowest BCUT2D eigenvalue weighted by Gasteiger charge is -2.40. The normalized spacial score (nSPS) is 16.3. The van der Waals surface area contributed by atoms with Gasteiger partial charge in [0.05, 0.1) is 29.3 Å². The molecular formula is C22H20ClN3O2. The van der Waals surface area contributed by atoms with Crippen molar-refractivity contribution in [3.05, 3.63) is 69.2 Å². The molecule has 5 nitrogen and oxygen atoms in total. The van der Waals surface area contributed by atoms with Gasteiger partial charge in [-0.15, -0.1) is 0 Å². The first-order chi connectivity index (χ1) is 13.5. The van der Waals surface area contributed by atoms with Gasteiger partial charge in [0.25, 0.3) is 5.91 Å². The van der Waals surface area contributed by atoms with E-state index >= 15 is 0 Å². The van der Waals surface area contributed by atoms with Gasteiger partial charge in [-0.1, -0.05) is 41.4 Å². The van der Waals surface area contributed by atoms with E-state index < -0.39 is 0 Å². The number of likely N-dealkylation sites (tertiary alicyclic amines) is 1. The van der Waals surface area contributed by atoms with Gasteiger partial charge >= 0.3 is 0 Å². The molecule has 1 aromatic heterocycles. The van der Waals surface area contributed by atoms with Crippen LogP contribution in [0.15, 0.2) is 36.4 Å². The number of hydrogen-bond acceptors (Lipinski definition) is 4. The Morgan fingerprint density at radius 2 is 1.89 bits per heavy atom. The molecule has 142 valence electrons. The maximum Gasteiger partial charge on any atom is 0.255 e. The molecule has 2 aromatic carbocycles. The van der Waals surface area contributed by atoms with E-state index in [1.54, 1.807) is 6.07 Å². The van der Waals surface area contributed by atoms with Crippen molar-refractivity contribution in [2.45, 2.75) is 26.1 Å². The van der Waals surface area contributed by atoms with E-state index in [0.29, 0.717) is 54.1 Å². The molecule has 3 aromatic rings. The lowest BCUT2D eigenvalue weighted by molar-refractivity contribution is 0.0602. The zero-order chi connectivity index (χ0) is 19.4. The Labute approximate surface area is 168 Å². The molecule has 2 aliphatic rings. The minimum atomic E-state index is -0.0419. The molecule has 1 amide bonds. The van der Waals surface area contributed by atoms with Gasteiger partial charge in [0.1, 0.15) is 5.82 Å². The fourth-order valence-electron chi connectivity index (χ4n) is 4.02. The molecule has 2 aliphatic heterocycles. The Kier molecular flexibility index (Phi) is 4.03. The van der Waals surface area contributed by atoms with Crippen molar-refractivity contribution in [1.29, 1.82) is 0 Å². The van der Waals surface area contributed by atoms with E-state index in [4.69, 9.17) is 22.1 Å². The predicted octanol–water partition coefficient (Wildman–Crippen LogP) is 4.05. The number of aromatic nitrogens is 1. The van der Waals surface area contributed by atoms with Crippen LogP contribution >= 0.6 is 11.6 Å². The number of halogens is 1. The summed E-state index contributed by atoms with van der Waals surface area (Å²) in [4.78, 5) is 19.3. The third-order valence-electron chi connectivity index (χ3n) is 5.77. The third kappa shape index (κ3) is 2.74. The average molecular weight is 394 g/mol. The molecule has 0 saturated carbocycles. The third-order valence-corrected chi connectivity index (χ3v) is 6.08. The number of nitrogens with zero attached hydrogens (tertiary/aromatic N) is 2. The van der Waals surface area contributed by atoms with E-state index in [-0.39, 0.29) is 5.91 Å². The Balaban J connectivity index is 1.43. The van der Waals surface area contributed by atoms with Crippen LogP contribution < -0.4 is 5.73 Å². The van der Waals surface area contributed by atoms with E-state index in [0.717, 1.165) is 16.5 Å². The maximum absolute atomic E-state index is 13.1. The SMILES string of the molecule is Cc1ccc(C2CN(C(=O)c3cc4c5c(c(N)nc4cc3Cl)COC5)C2)cc1. The van der Waals surface area contributed by atoms with Crippen molar-refractivity contribution in [1.82, 2.24) is 9.88 Å². The summed E-state index contributed by atoms with van der Waals surface area (Å²) in [5.74, 6) is 0.807. The largest absolute Gasteiger partial charge is 0.383 e. The number of benzene rings is 2. The number of rotatable bonds is 2. The number of nitrogen functional groups attached to an aromatic ring is 1. The van der Waals surface area contributed by atoms with Crippen molar-refractivity contribution in [2.75, 3.05) is 18.8 Å². The molecule has 0 atom stereocenters. The molecule has 5 rings (SSSR count). The fraction of sp³-hybridized carbons (Fsp3) is 0.273. The van der Waals surface area contributed by atoms with Crippen LogP contribution in [-0.4, -0.2) is 28.9 Å². The number of nitrogens with two attached hydrogens (primary N) is 1. The second kappa shape index (κ2) is 6.47. The number of carbonyl (C=O) groups excluding carboxylic acids is 1. The molecule has 1 saturated heterocycles. The fourth-order valence-corrected chi connectivity index (χ4v) is 4.26. The molecule has 0 aliphatic carbocycles. The number of hydrogen-bond donors (Lipinski definition) is 1. The summed E-state index contributed by atoms with van der Waals surface area (Å²) >= 11 is 6.44. The Morgan fingerprint density at radius 1 is 1.18 bits per heavy atom. The minimum Gasteiger partial charge on any atom is -0.383 e. The van der Waals surface area contributed by atoms with Gasteiger partial charge in [-0.05, 0) is 30.2 Å². The summed E-state index contributed by atoms with van der Waals surface area (Å²) < 4.78 is 5.54. The van der Waals surface area contributed by atoms with Crippen molar-refractivity contribution in [2.24, 2.45) is 0 Å². The van der Waals surface area contributed by atoms with E-state index in [1.807, 2.05) is 11.0 Å². The highest BCUT2D eigenvalue weighted by Gasteiger charge is 2.33. The number of carbonyl (C=O) groups is 1. The minimum absolute atomic E-state index is 0.0419. The van der Waals surface area contributed by atoms with Gasteiger partial charge in [-0.3, -0.25) is 4.79 Å². The maximum atomic E-state index is 13.1. The summed E-state index contributed by atoms with van der Waals surface area (Å²) in [5, 5.41) is 1.30. The first-order valence-corrected chi connectivity index (χ1v) is 9.73. The molecule has 28 heavy (non-hydrogen) atoms. The Morgan fingerprint density at radius 3 is 2.64 bits per heavy atom. The van der Waals surface area contributed by atoms with E-state index in [1.165, 1.54) is 11.1 Å². The van der Waals surface area contributed by atoms with Gasteiger partial charge in [-0.2, -0.15) is 0 Å². The second-order valence-corrected chi connectivity index (χ2v) is 8.02. The lowest BCUT2D eigenvalue weighted by Crippen LogP contribution is -2.48. The topological polar surface area (TPSA) is 68.5 Å². The highest BCUT2D eigenvalue weighted by molar-refractivity contribution is 6.34. The number of pyridine rings is 1. The van der Waals surface area contributed by atoms with Crippen LogP contribution in [0.25, 0.3) is 10.9 Å². The summed E-state index contributed by atoms with van der Waals surface area (Å²) in [6.07, 6.45) is 0. The Bertz CT molecular complexity index is 1110. The number of amides is 1. The summed E-state index contributed by atoms with van der Waals surface area (Å²) in [5.41, 5.74) is 11.7. The van der Waals surface area contributed by atoms with Crippen molar-refractivity contribution in [3.63, 3.8) is 0 Å². The molecule has 3 heterocycles. The highest BCUT2D eigenvalue weighted by Crippen LogP contribution is 2.35. The molecule has 0 spiro atoms. The van der Waals surface area contributed by atoms with Gasteiger partial charge in [0.15, 0.2) is 0 Å². The molecule has 0 radical (unpaired) electrons. The molecule has 1 fully saturated rings. The average Bonchev–Trinajstić information content (AvgIpc) is 3.12. The van der Waals surface area contributed by atoms with Crippen molar-refractivity contribution in [3.8, 4) is 0 Å². The number of aryl methyl sites for hydroxylation is 1. The van der Waals surface area contributed by atoms with Crippen LogP contribution in [0, 0.1) is 6.92 Å². The van der Waals surface area contributed by atoms with Gasteiger partial charge in [0, 0.05) is 30.0 Å². The molecule has 0 unspecified atom stereocenters. The Hall–Kier alpha value is -2.63. The first kappa shape index (κ1) is 17.5. The lowest BCUT2D eigenvalue weighted by atomic mass is 9.90. The van der Waals surface area contributed by atoms with Crippen LogP contribution in [0.5, 0.6) is 0 Å². The van der Waals surface area contributed by atoms with Crippen LogP contribution in [0.1, 0.15) is 38.5 Å². The molecule has 0 bridgehead atoms. The zero-order valence-electron chi connectivity index (χ0n) is 15.5. The summed E-state index contributed by atoms with van der Waals surface area (Å²) in [6.45, 7) is 4.43. The smallest absolute Gasteiger partial charge is 0.255 e. The van der Waals surface area contributed by atoms with Crippen LogP contribution in [0.3, 0.4) is 0 Å². The molecule has 6 heteroatoms.